The Morgan fingerprint density at radius 3 is 2.75 bits per heavy atom. The predicted molar refractivity (Wildman–Crippen MR) is 54.7 cm³/mol. The molecule has 0 aliphatic carbocycles. The molecule has 16 heavy (non-hydrogen) atoms. The quantitative estimate of drug-likeness (QED) is 0.773. The lowest BCUT2D eigenvalue weighted by Gasteiger charge is -2.10. The monoisotopic (exact) mass is 249 g/mol. The molecule has 1 aromatic heterocycles. The molecule has 0 aliphatic heterocycles. The first-order valence-electron chi connectivity index (χ1n) is 4.46. The van der Waals surface area contributed by atoms with E-state index in [-0.39, 0.29) is 22.7 Å². The molecule has 0 spiro atoms. The smallest absolute Gasteiger partial charge is 0.311 e. The average Bonchev–Trinajstić information content (AvgIpc) is 2.21. The maximum Gasteiger partial charge on any atom is 0.311 e. The fourth-order valence-corrected chi connectivity index (χ4v) is 1.58. The van der Waals surface area contributed by atoms with Crippen molar-refractivity contribution in [2.24, 2.45) is 0 Å². The number of halogens is 3. The van der Waals surface area contributed by atoms with Crippen LogP contribution in [0.15, 0.2) is 6.20 Å². The molecule has 0 saturated carbocycles. The van der Waals surface area contributed by atoms with Gasteiger partial charge in [-0.05, 0) is 12.5 Å². The van der Waals surface area contributed by atoms with Gasteiger partial charge in [-0.2, -0.15) is 0 Å². The second-order valence-electron chi connectivity index (χ2n) is 3.17. The minimum atomic E-state index is -2.69. The molecule has 1 rings (SSSR count). The average molecular weight is 250 g/mol. The minimum Gasteiger partial charge on any atom is -0.469 e. The van der Waals surface area contributed by atoms with E-state index in [1.807, 2.05) is 0 Å². The van der Waals surface area contributed by atoms with E-state index in [2.05, 4.69) is 9.72 Å². The number of carbonyl (C=O) groups excluding carboxylic acids is 1. The number of alkyl halides is 2. The lowest BCUT2D eigenvalue weighted by Crippen LogP contribution is -2.08. The Hall–Kier alpha value is -1.23. The summed E-state index contributed by atoms with van der Waals surface area (Å²) in [4.78, 5) is 14.8. The van der Waals surface area contributed by atoms with Crippen molar-refractivity contribution >= 4 is 17.6 Å². The van der Waals surface area contributed by atoms with Gasteiger partial charge in [-0.3, -0.25) is 9.78 Å². The van der Waals surface area contributed by atoms with Crippen LogP contribution in [-0.4, -0.2) is 18.1 Å². The van der Waals surface area contributed by atoms with Crippen molar-refractivity contribution in [3.8, 4) is 0 Å². The van der Waals surface area contributed by atoms with Crippen LogP contribution in [0.5, 0.6) is 0 Å². The molecule has 6 heteroatoms. The summed E-state index contributed by atoms with van der Waals surface area (Å²) in [6.07, 6.45) is -1.63. The Morgan fingerprint density at radius 2 is 2.25 bits per heavy atom. The number of hydrogen-bond acceptors (Lipinski definition) is 3. The van der Waals surface area contributed by atoms with E-state index in [9.17, 15) is 13.6 Å². The van der Waals surface area contributed by atoms with E-state index >= 15 is 0 Å². The predicted octanol–water partition coefficient (Wildman–Crippen LogP) is 2.70. The van der Waals surface area contributed by atoms with Gasteiger partial charge >= 0.3 is 5.97 Å². The third kappa shape index (κ3) is 2.66. The lowest BCUT2D eigenvalue weighted by atomic mass is 10.1. The number of rotatable bonds is 3. The summed E-state index contributed by atoms with van der Waals surface area (Å²) in [5.41, 5.74) is 0.124. The van der Waals surface area contributed by atoms with Gasteiger partial charge in [0.25, 0.3) is 6.43 Å². The van der Waals surface area contributed by atoms with Crippen LogP contribution in [-0.2, 0) is 16.0 Å². The van der Waals surface area contributed by atoms with Crippen LogP contribution in [0.2, 0.25) is 5.02 Å². The first-order chi connectivity index (χ1) is 7.47. The number of aromatic nitrogens is 1. The van der Waals surface area contributed by atoms with Crippen LogP contribution < -0.4 is 0 Å². The molecule has 0 radical (unpaired) electrons. The van der Waals surface area contributed by atoms with Crippen molar-refractivity contribution in [3.05, 3.63) is 28.0 Å². The number of aryl methyl sites for hydroxylation is 1. The molecule has 0 amide bonds. The molecule has 0 fully saturated rings. The second kappa shape index (κ2) is 5.21. The van der Waals surface area contributed by atoms with Gasteiger partial charge in [0.1, 0.15) is 0 Å². The molecule has 0 bridgehead atoms. The summed E-state index contributed by atoms with van der Waals surface area (Å²) in [7, 11) is 1.21. The molecule has 0 atom stereocenters. The second-order valence-corrected chi connectivity index (χ2v) is 3.55. The maximum atomic E-state index is 12.7. The lowest BCUT2D eigenvalue weighted by molar-refractivity contribution is -0.139. The summed E-state index contributed by atoms with van der Waals surface area (Å²) in [6.45, 7) is 1.49. The molecular formula is C10H10ClF2NO2. The van der Waals surface area contributed by atoms with E-state index in [1.54, 1.807) is 0 Å². The highest BCUT2D eigenvalue weighted by Crippen LogP contribution is 2.31. The zero-order chi connectivity index (χ0) is 12.3. The molecule has 0 saturated heterocycles. The number of hydrogen-bond donors (Lipinski definition) is 0. The van der Waals surface area contributed by atoms with Crippen molar-refractivity contribution in [2.45, 2.75) is 19.8 Å². The van der Waals surface area contributed by atoms with Crippen molar-refractivity contribution in [1.29, 1.82) is 0 Å². The molecule has 0 aromatic carbocycles. The van der Waals surface area contributed by atoms with E-state index in [0.717, 1.165) is 0 Å². The van der Waals surface area contributed by atoms with Crippen LogP contribution >= 0.6 is 11.6 Å². The van der Waals surface area contributed by atoms with Gasteiger partial charge in [0.05, 0.1) is 24.2 Å². The fraction of sp³-hybridized carbons (Fsp3) is 0.400. The number of carbonyl (C=O) groups is 1. The van der Waals surface area contributed by atoms with Gasteiger partial charge in [-0.1, -0.05) is 11.6 Å². The highest BCUT2D eigenvalue weighted by Gasteiger charge is 2.20. The molecule has 0 aliphatic rings. The van der Waals surface area contributed by atoms with Gasteiger partial charge in [0.2, 0.25) is 0 Å². The van der Waals surface area contributed by atoms with Crippen molar-refractivity contribution in [2.75, 3.05) is 7.11 Å². The molecule has 1 aromatic rings. The van der Waals surface area contributed by atoms with Crippen LogP contribution in [0.4, 0.5) is 8.78 Å². The van der Waals surface area contributed by atoms with Gasteiger partial charge in [0, 0.05) is 11.8 Å². The minimum absolute atomic E-state index is 0.106. The van der Waals surface area contributed by atoms with E-state index in [4.69, 9.17) is 11.6 Å². The van der Waals surface area contributed by atoms with Crippen molar-refractivity contribution < 1.29 is 18.3 Å². The molecule has 88 valence electrons. The summed E-state index contributed by atoms with van der Waals surface area (Å²) >= 11 is 5.76. The van der Waals surface area contributed by atoms with E-state index < -0.39 is 12.4 Å². The summed E-state index contributed by atoms with van der Waals surface area (Å²) < 4.78 is 29.7. The Kier molecular flexibility index (Phi) is 4.18. The van der Waals surface area contributed by atoms with Gasteiger partial charge < -0.3 is 4.74 Å². The number of nitrogens with zero attached hydrogens (tertiary/aromatic N) is 1. The maximum absolute atomic E-state index is 12.7. The number of ether oxygens (including phenoxy) is 1. The van der Waals surface area contributed by atoms with E-state index in [1.165, 1.54) is 20.2 Å². The zero-order valence-corrected chi connectivity index (χ0v) is 9.52. The van der Waals surface area contributed by atoms with Crippen LogP contribution in [0.1, 0.15) is 23.2 Å². The Labute approximate surface area is 96.4 Å². The number of methoxy groups -OCH3 is 1. The zero-order valence-electron chi connectivity index (χ0n) is 8.76. The Balaban J connectivity index is 3.13. The highest BCUT2D eigenvalue weighted by molar-refractivity contribution is 6.32. The molecule has 0 N–H and O–H groups in total. The van der Waals surface area contributed by atoms with Crippen molar-refractivity contribution in [3.63, 3.8) is 0 Å². The number of pyridine rings is 1. The number of esters is 1. The van der Waals surface area contributed by atoms with Crippen LogP contribution in [0, 0.1) is 6.92 Å². The van der Waals surface area contributed by atoms with Crippen LogP contribution in [0.25, 0.3) is 0 Å². The first-order valence-corrected chi connectivity index (χ1v) is 4.84. The van der Waals surface area contributed by atoms with E-state index in [0.29, 0.717) is 5.56 Å². The fourth-order valence-electron chi connectivity index (χ4n) is 1.23. The third-order valence-electron chi connectivity index (χ3n) is 2.09. The highest BCUT2D eigenvalue weighted by atomic mass is 35.5. The topological polar surface area (TPSA) is 39.2 Å². The SMILES string of the molecule is COC(=O)Cc1ncc(C)c(C(F)F)c1Cl. The normalized spacial score (nSPS) is 10.6. The molecule has 1 heterocycles. The Morgan fingerprint density at radius 1 is 1.62 bits per heavy atom. The molecule has 3 nitrogen and oxygen atoms in total. The van der Waals surface area contributed by atoms with Gasteiger partial charge in [-0.25, -0.2) is 8.78 Å². The molecule has 0 unspecified atom stereocenters. The summed E-state index contributed by atoms with van der Waals surface area (Å²) in [6, 6.07) is 0. The Bertz CT molecular complexity index is 410. The van der Waals surface area contributed by atoms with Gasteiger partial charge in [0.15, 0.2) is 0 Å². The summed E-state index contributed by atoms with van der Waals surface area (Å²) in [5.74, 6) is -0.571. The third-order valence-corrected chi connectivity index (χ3v) is 2.51. The van der Waals surface area contributed by atoms with Crippen LogP contribution in [0.3, 0.4) is 0 Å². The van der Waals surface area contributed by atoms with Crippen molar-refractivity contribution in [1.82, 2.24) is 4.98 Å². The molecular weight excluding hydrogens is 240 g/mol. The largest absolute Gasteiger partial charge is 0.469 e. The summed E-state index contributed by atoms with van der Waals surface area (Å²) in [5, 5.41) is -0.166. The standard InChI is InChI=1S/C10H10ClF2NO2/c1-5-4-14-6(3-7(15)16-2)9(11)8(5)10(12)13/h4,10H,3H2,1-2H3. The van der Waals surface area contributed by atoms with Gasteiger partial charge in [-0.15, -0.1) is 0 Å². The first kappa shape index (κ1) is 12.8.